The first-order chi connectivity index (χ1) is 6.91. The summed E-state index contributed by atoms with van der Waals surface area (Å²) in [5.41, 5.74) is -0.952. The van der Waals surface area contributed by atoms with Crippen LogP contribution in [-0.4, -0.2) is 17.2 Å². The first-order valence-electron chi connectivity index (χ1n) is 4.78. The fourth-order valence-corrected chi connectivity index (χ4v) is 0.543. The van der Waals surface area contributed by atoms with Crippen molar-refractivity contribution in [2.75, 3.05) is 0 Å². The van der Waals surface area contributed by atoms with Gasteiger partial charge in [-0.05, 0) is 17.5 Å². The standard InChI is InChI=1S/C7H6BNO2/c9-5-6-2-1-3-7(4-6)8(10)11/h1-4,10-11H/i1D,2D,3D,4D. The van der Waals surface area contributed by atoms with E-state index in [1.54, 1.807) is 0 Å². The Bertz CT molecular complexity index is 458. The molecule has 1 rings (SSSR count). The third-order valence-electron chi connectivity index (χ3n) is 1.01. The van der Waals surface area contributed by atoms with Gasteiger partial charge >= 0.3 is 7.12 Å². The summed E-state index contributed by atoms with van der Waals surface area (Å²) < 4.78 is 29.3. The quantitative estimate of drug-likeness (QED) is 0.518. The highest BCUT2D eigenvalue weighted by molar-refractivity contribution is 6.58. The zero-order valence-electron chi connectivity index (χ0n) is 9.42. The molecule has 1 aromatic rings. The normalized spacial score (nSPS) is 13.9. The Morgan fingerprint density at radius 2 is 2.27 bits per heavy atom. The van der Waals surface area contributed by atoms with Gasteiger partial charge in [-0.3, -0.25) is 0 Å². The van der Waals surface area contributed by atoms with E-state index in [1.807, 2.05) is 0 Å². The van der Waals surface area contributed by atoms with Gasteiger partial charge in [-0.1, -0.05) is 12.1 Å². The molecule has 2 N–H and O–H groups in total. The van der Waals surface area contributed by atoms with Crippen LogP contribution in [0.4, 0.5) is 0 Å². The fraction of sp³-hybridized carbons (Fsp3) is 0. The minimum Gasteiger partial charge on any atom is -0.423 e. The van der Waals surface area contributed by atoms with Crippen molar-refractivity contribution in [3.63, 3.8) is 0 Å². The topological polar surface area (TPSA) is 64.2 Å². The maximum absolute atomic E-state index is 8.88. The molecule has 0 fully saturated rings. The third kappa shape index (κ3) is 1.80. The molecule has 0 amide bonds. The van der Waals surface area contributed by atoms with Crippen LogP contribution in [0.15, 0.2) is 24.2 Å². The van der Waals surface area contributed by atoms with Gasteiger partial charge in [0.15, 0.2) is 0 Å². The second-order valence-corrected chi connectivity index (χ2v) is 1.77. The summed E-state index contributed by atoms with van der Waals surface area (Å²) in [5.74, 6) is 0. The molecule has 0 bridgehead atoms. The lowest BCUT2D eigenvalue weighted by Crippen LogP contribution is -2.29. The molecule has 0 saturated heterocycles. The molecule has 11 heavy (non-hydrogen) atoms. The van der Waals surface area contributed by atoms with Crippen LogP contribution in [-0.2, 0) is 0 Å². The SMILES string of the molecule is [2H]c1c([2H])c(C#N)c([2H])c(B(O)O)c1[2H]. The summed E-state index contributed by atoms with van der Waals surface area (Å²) in [4.78, 5) is 0. The smallest absolute Gasteiger partial charge is 0.423 e. The van der Waals surface area contributed by atoms with Gasteiger partial charge in [0.1, 0.15) is 0 Å². The Balaban J connectivity index is 3.70. The van der Waals surface area contributed by atoms with E-state index in [0.29, 0.717) is 0 Å². The lowest BCUT2D eigenvalue weighted by atomic mass is 9.80. The highest BCUT2D eigenvalue weighted by Crippen LogP contribution is 1.93. The Labute approximate surface area is 70.3 Å². The van der Waals surface area contributed by atoms with Crippen LogP contribution in [0.5, 0.6) is 0 Å². The molecule has 0 spiro atoms. The number of benzene rings is 1. The summed E-state index contributed by atoms with van der Waals surface area (Å²) in [6, 6.07) is -0.807. The molecule has 4 heteroatoms. The molecule has 3 nitrogen and oxygen atoms in total. The predicted octanol–water partition coefficient (Wildman–Crippen LogP) is -0.762. The highest BCUT2D eigenvalue weighted by Gasteiger charge is 2.09. The molecule has 0 radical (unpaired) electrons. The molecular formula is C7H6BNO2. The van der Waals surface area contributed by atoms with E-state index < -0.39 is 42.3 Å². The number of hydrogen-bond acceptors (Lipinski definition) is 3. The molecule has 0 atom stereocenters. The van der Waals surface area contributed by atoms with Gasteiger partial charge in [0.25, 0.3) is 0 Å². The largest absolute Gasteiger partial charge is 0.488 e. The number of rotatable bonds is 1. The van der Waals surface area contributed by atoms with E-state index in [0.717, 1.165) is 0 Å². The molecule has 0 aliphatic carbocycles. The van der Waals surface area contributed by atoms with E-state index in [-0.39, 0.29) is 0 Å². The van der Waals surface area contributed by atoms with E-state index in [4.69, 9.17) is 20.8 Å². The third-order valence-corrected chi connectivity index (χ3v) is 1.01. The molecule has 54 valence electrons. The summed E-state index contributed by atoms with van der Waals surface area (Å²) in [5, 5.41) is 26.4. The van der Waals surface area contributed by atoms with Crippen molar-refractivity contribution in [3.8, 4) is 6.07 Å². The van der Waals surface area contributed by atoms with E-state index in [2.05, 4.69) is 0 Å². The van der Waals surface area contributed by atoms with Gasteiger partial charge in [0, 0.05) is 0 Å². The highest BCUT2D eigenvalue weighted by atomic mass is 16.4. The van der Waals surface area contributed by atoms with Crippen molar-refractivity contribution in [3.05, 3.63) is 29.7 Å². The lowest BCUT2D eigenvalue weighted by Gasteiger charge is -1.97. The molecular weight excluding hydrogens is 141 g/mol. The molecule has 0 heterocycles. The molecule has 0 saturated carbocycles. The summed E-state index contributed by atoms with van der Waals surface area (Å²) >= 11 is 0. The second kappa shape index (κ2) is 3.19. The zero-order chi connectivity index (χ0) is 11.7. The van der Waals surface area contributed by atoms with Crippen LogP contribution in [0.2, 0.25) is 0 Å². The first-order valence-corrected chi connectivity index (χ1v) is 2.78. The van der Waals surface area contributed by atoms with Crippen molar-refractivity contribution in [1.29, 1.82) is 5.26 Å². The van der Waals surface area contributed by atoms with E-state index in [9.17, 15) is 0 Å². The van der Waals surface area contributed by atoms with E-state index in [1.165, 1.54) is 6.07 Å². The van der Waals surface area contributed by atoms with Gasteiger partial charge in [0.2, 0.25) is 0 Å². The summed E-state index contributed by atoms with van der Waals surface area (Å²) in [6.07, 6.45) is 0. The number of nitriles is 1. The summed E-state index contributed by atoms with van der Waals surface area (Å²) in [6.45, 7) is 0. The monoisotopic (exact) mass is 151 g/mol. The van der Waals surface area contributed by atoms with E-state index >= 15 is 0 Å². The van der Waals surface area contributed by atoms with Crippen molar-refractivity contribution in [2.45, 2.75) is 0 Å². The minimum absolute atomic E-state index is 0.431. The first kappa shape index (κ1) is 3.91. The Morgan fingerprint density at radius 1 is 1.55 bits per heavy atom. The van der Waals surface area contributed by atoms with Crippen LogP contribution in [0, 0.1) is 11.3 Å². The minimum atomic E-state index is -2.10. The maximum Gasteiger partial charge on any atom is 0.488 e. The molecule has 1 aromatic carbocycles. The molecule has 0 aliphatic heterocycles. The van der Waals surface area contributed by atoms with Gasteiger partial charge in [-0.15, -0.1) is 0 Å². The number of hydrogen-bond donors (Lipinski definition) is 2. The maximum atomic E-state index is 8.88. The van der Waals surface area contributed by atoms with Crippen LogP contribution < -0.4 is 5.46 Å². The zero-order valence-corrected chi connectivity index (χ0v) is 5.42. The van der Waals surface area contributed by atoms with Crippen molar-refractivity contribution >= 4 is 12.6 Å². The van der Waals surface area contributed by atoms with Gasteiger partial charge in [-0.2, -0.15) is 5.26 Å². The van der Waals surface area contributed by atoms with Crippen molar-refractivity contribution in [1.82, 2.24) is 0 Å². The Morgan fingerprint density at radius 3 is 2.82 bits per heavy atom. The van der Waals surface area contributed by atoms with Gasteiger partial charge in [0.05, 0.1) is 17.1 Å². The van der Waals surface area contributed by atoms with Crippen LogP contribution in [0.1, 0.15) is 11.0 Å². The van der Waals surface area contributed by atoms with Crippen LogP contribution in [0.25, 0.3) is 0 Å². The van der Waals surface area contributed by atoms with Gasteiger partial charge < -0.3 is 10.0 Å². The Kier molecular flexibility index (Phi) is 1.13. The van der Waals surface area contributed by atoms with Crippen molar-refractivity contribution in [2.24, 2.45) is 0 Å². The Hall–Kier alpha value is -1.31. The molecule has 0 aliphatic rings. The van der Waals surface area contributed by atoms with Crippen LogP contribution >= 0.6 is 0 Å². The fourth-order valence-electron chi connectivity index (χ4n) is 0.543. The second-order valence-electron chi connectivity index (χ2n) is 1.77. The predicted molar refractivity (Wildman–Crippen MR) is 41.0 cm³/mol. The van der Waals surface area contributed by atoms with Crippen LogP contribution in [0.3, 0.4) is 0 Å². The van der Waals surface area contributed by atoms with Gasteiger partial charge in [-0.25, -0.2) is 0 Å². The lowest BCUT2D eigenvalue weighted by molar-refractivity contribution is 0.426. The summed E-state index contributed by atoms with van der Waals surface area (Å²) in [7, 11) is -2.10. The molecule has 0 aromatic heterocycles. The van der Waals surface area contributed by atoms with Crippen molar-refractivity contribution < 1.29 is 15.5 Å². The average molecular weight is 151 g/mol. The molecule has 0 unspecified atom stereocenters. The number of nitrogens with zero attached hydrogens (tertiary/aromatic N) is 1. The average Bonchev–Trinajstić information content (AvgIpc) is 2.15.